The van der Waals surface area contributed by atoms with Crippen molar-refractivity contribution in [2.75, 3.05) is 43.6 Å². The molecule has 1 amide bonds. The Kier molecular flexibility index (Phi) is 9.94. The number of aryl methyl sites for hydroxylation is 1. The monoisotopic (exact) mass is 615 g/mol. The van der Waals surface area contributed by atoms with Gasteiger partial charge in [0.05, 0.1) is 31.9 Å². The first-order chi connectivity index (χ1) is 20.9. The molecule has 1 heterocycles. The number of anilines is 2. The molecule has 0 aliphatic carbocycles. The number of ether oxygens (including phenoxy) is 3. The number of carbonyl (C=O) groups is 1. The molecule has 0 radical (unpaired) electrons. The van der Waals surface area contributed by atoms with Gasteiger partial charge in [0.2, 0.25) is 0 Å². The highest BCUT2D eigenvalue weighted by Crippen LogP contribution is 2.43. The molecule has 7 nitrogen and oxygen atoms in total. The van der Waals surface area contributed by atoms with Gasteiger partial charge in [0.25, 0.3) is 5.91 Å². The molecule has 4 aromatic rings. The predicted octanol–water partition coefficient (Wildman–Crippen LogP) is 7.48. The summed E-state index contributed by atoms with van der Waals surface area (Å²) in [6.45, 7) is 5.71. The van der Waals surface area contributed by atoms with Crippen molar-refractivity contribution in [2.45, 2.75) is 36.1 Å². The lowest BCUT2D eigenvalue weighted by molar-refractivity contribution is -0.120. The number of carbonyl (C=O) groups excluding carboxylic acids is 1. The quantitative estimate of drug-likeness (QED) is 0.165. The smallest absolute Gasteiger partial charge is 0.257 e. The molecular formula is C34H37N3O4S2. The van der Waals surface area contributed by atoms with E-state index in [1.54, 1.807) is 33.3 Å². The molecule has 1 atom stereocenters. The van der Waals surface area contributed by atoms with Crippen molar-refractivity contribution < 1.29 is 19.0 Å². The Bertz CT molecular complexity index is 1560. The first kappa shape index (κ1) is 30.5. The van der Waals surface area contributed by atoms with E-state index >= 15 is 0 Å². The van der Waals surface area contributed by atoms with E-state index in [1.165, 1.54) is 17.5 Å². The number of hydrogen-bond acceptors (Lipinski definition) is 8. The van der Waals surface area contributed by atoms with Crippen LogP contribution in [0.2, 0.25) is 0 Å². The van der Waals surface area contributed by atoms with Crippen molar-refractivity contribution in [1.29, 1.82) is 0 Å². The molecule has 1 unspecified atom stereocenters. The van der Waals surface area contributed by atoms with Crippen LogP contribution < -0.4 is 28.1 Å². The van der Waals surface area contributed by atoms with Gasteiger partial charge in [0, 0.05) is 29.2 Å². The third-order valence-corrected chi connectivity index (χ3v) is 9.44. The van der Waals surface area contributed by atoms with Crippen LogP contribution in [0.1, 0.15) is 29.7 Å². The van der Waals surface area contributed by atoms with Gasteiger partial charge >= 0.3 is 0 Å². The van der Waals surface area contributed by atoms with Crippen molar-refractivity contribution in [1.82, 2.24) is 4.72 Å². The fourth-order valence-electron chi connectivity index (χ4n) is 5.30. The molecule has 5 rings (SSSR count). The van der Waals surface area contributed by atoms with E-state index in [1.807, 2.05) is 61.5 Å². The number of nitrogens with one attached hydrogen (secondary N) is 1. The van der Waals surface area contributed by atoms with Crippen molar-refractivity contribution in [3.05, 3.63) is 102 Å². The van der Waals surface area contributed by atoms with Crippen LogP contribution in [0, 0.1) is 6.92 Å². The fraction of sp³-hybridized carbons (Fsp3) is 0.265. The van der Waals surface area contributed by atoms with Crippen LogP contribution in [0.15, 0.2) is 94.7 Å². The summed E-state index contributed by atoms with van der Waals surface area (Å²) in [6, 6.07) is 27.6. The predicted molar refractivity (Wildman–Crippen MR) is 177 cm³/mol. The van der Waals surface area contributed by atoms with Crippen molar-refractivity contribution >= 4 is 41.2 Å². The maximum atomic E-state index is 14.1. The van der Waals surface area contributed by atoms with Crippen LogP contribution in [-0.2, 0) is 11.2 Å². The number of hydrogen-bond donors (Lipinski definition) is 1. The fourth-order valence-corrected chi connectivity index (χ4v) is 6.91. The van der Waals surface area contributed by atoms with Crippen LogP contribution in [0.4, 0.5) is 11.4 Å². The summed E-state index contributed by atoms with van der Waals surface area (Å²) in [7, 11) is 4.96. The lowest BCUT2D eigenvalue weighted by Crippen LogP contribution is -2.37. The maximum Gasteiger partial charge on any atom is 0.257 e. The largest absolute Gasteiger partial charge is 0.497 e. The third-order valence-electron chi connectivity index (χ3n) is 7.42. The highest BCUT2D eigenvalue weighted by atomic mass is 32.2. The second kappa shape index (κ2) is 14.0. The van der Waals surface area contributed by atoms with E-state index in [-0.39, 0.29) is 5.91 Å². The molecule has 0 aromatic heterocycles. The molecule has 9 heteroatoms. The Morgan fingerprint density at radius 3 is 2.42 bits per heavy atom. The van der Waals surface area contributed by atoms with Gasteiger partial charge in [-0.2, -0.15) is 0 Å². The van der Waals surface area contributed by atoms with Gasteiger partial charge in [-0.05, 0) is 116 Å². The lowest BCUT2D eigenvalue weighted by Gasteiger charge is -2.30. The minimum atomic E-state index is -0.556. The number of methoxy groups -OCH3 is 3. The van der Waals surface area contributed by atoms with Gasteiger partial charge in [-0.1, -0.05) is 24.3 Å². The van der Waals surface area contributed by atoms with Gasteiger partial charge < -0.3 is 23.4 Å². The summed E-state index contributed by atoms with van der Waals surface area (Å²) in [6.07, 6.45) is 0.831. The second-order valence-corrected chi connectivity index (χ2v) is 12.0. The van der Waals surface area contributed by atoms with Gasteiger partial charge in [-0.25, -0.2) is 0 Å². The SMILES string of the molecule is CCN(Sc1ccc(OC)cc1)c1cccc2c1CCN2C(C(=O)NSc1ccc(C)cc1OC)c1cccc(OC)c1. The standard InChI is InChI=1S/C34H37N3O4S2/c1-6-37(43-27-16-14-25(39-3)15-17-27)30-12-8-11-29-28(30)19-20-36(29)33(24-9-7-10-26(22-24)40-4)34(38)35-42-32-18-13-23(2)21-31(32)41-5/h7-18,21-22,33H,6,19-20H2,1-5H3,(H,35,38). The maximum absolute atomic E-state index is 14.1. The number of amides is 1. The summed E-state index contributed by atoms with van der Waals surface area (Å²) in [5.74, 6) is 2.17. The molecular weight excluding hydrogens is 579 g/mol. The Morgan fingerprint density at radius 2 is 1.70 bits per heavy atom. The average Bonchev–Trinajstić information content (AvgIpc) is 3.47. The zero-order valence-corrected chi connectivity index (χ0v) is 26.8. The molecule has 0 saturated heterocycles. The van der Waals surface area contributed by atoms with E-state index in [0.29, 0.717) is 12.3 Å². The third kappa shape index (κ3) is 6.84. The van der Waals surface area contributed by atoms with E-state index < -0.39 is 6.04 Å². The summed E-state index contributed by atoms with van der Waals surface area (Å²) in [5, 5.41) is 0. The summed E-state index contributed by atoms with van der Waals surface area (Å²) >= 11 is 2.98. The van der Waals surface area contributed by atoms with Gasteiger partial charge in [0.15, 0.2) is 0 Å². The van der Waals surface area contributed by atoms with E-state index in [2.05, 4.69) is 51.2 Å². The molecule has 0 spiro atoms. The Hall–Kier alpha value is -3.95. The molecule has 1 aliphatic rings. The molecule has 0 saturated carbocycles. The van der Waals surface area contributed by atoms with Crippen molar-refractivity contribution in [3.8, 4) is 17.2 Å². The highest BCUT2D eigenvalue weighted by Gasteiger charge is 2.34. The zero-order chi connectivity index (χ0) is 30.3. The minimum Gasteiger partial charge on any atom is -0.497 e. The molecule has 4 aromatic carbocycles. The Balaban J connectivity index is 1.45. The van der Waals surface area contributed by atoms with Crippen LogP contribution in [0.5, 0.6) is 17.2 Å². The topological polar surface area (TPSA) is 63.3 Å². The average molecular weight is 616 g/mol. The minimum absolute atomic E-state index is 0.112. The van der Waals surface area contributed by atoms with Crippen LogP contribution >= 0.6 is 23.9 Å². The van der Waals surface area contributed by atoms with Gasteiger partial charge in [0.1, 0.15) is 23.3 Å². The number of rotatable bonds is 12. The zero-order valence-electron chi connectivity index (χ0n) is 25.1. The normalized spacial score (nSPS) is 12.8. The van der Waals surface area contributed by atoms with Crippen LogP contribution in [0.3, 0.4) is 0 Å². The number of benzene rings is 4. The van der Waals surface area contributed by atoms with E-state index in [4.69, 9.17) is 14.2 Å². The first-order valence-electron chi connectivity index (χ1n) is 14.2. The molecule has 0 fully saturated rings. The molecule has 1 N–H and O–H groups in total. The van der Waals surface area contributed by atoms with E-state index in [9.17, 15) is 4.79 Å². The van der Waals surface area contributed by atoms with Crippen molar-refractivity contribution in [3.63, 3.8) is 0 Å². The second-order valence-electron chi connectivity index (χ2n) is 10.1. The van der Waals surface area contributed by atoms with Gasteiger partial charge in [-0.15, -0.1) is 0 Å². The molecule has 43 heavy (non-hydrogen) atoms. The number of nitrogens with zero attached hydrogens (tertiary/aromatic N) is 2. The summed E-state index contributed by atoms with van der Waals surface area (Å²) < 4.78 is 21.9. The molecule has 1 aliphatic heterocycles. The first-order valence-corrected chi connectivity index (χ1v) is 15.8. The van der Waals surface area contributed by atoms with E-state index in [0.717, 1.165) is 56.8 Å². The van der Waals surface area contributed by atoms with Crippen LogP contribution in [-0.4, -0.2) is 40.3 Å². The molecule has 224 valence electrons. The Morgan fingerprint density at radius 1 is 0.930 bits per heavy atom. The lowest BCUT2D eigenvalue weighted by atomic mass is 10.0. The Labute approximate surface area is 262 Å². The molecule has 0 bridgehead atoms. The summed E-state index contributed by atoms with van der Waals surface area (Å²) in [5.41, 5.74) is 5.42. The van der Waals surface area contributed by atoms with Gasteiger partial charge in [-0.3, -0.25) is 9.52 Å². The highest BCUT2D eigenvalue weighted by molar-refractivity contribution is 8.00. The summed E-state index contributed by atoms with van der Waals surface area (Å²) in [4.78, 5) is 18.3. The van der Waals surface area contributed by atoms with Crippen molar-refractivity contribution in [2.24, 2.45) is 0 Å². The number of fused-ring (bicyclic) bond motifs is 1. The van der Waals surface area contributed by atoms with Crippen LogP contribution in [0.25, 0.3) is 0 Å².